The van der Waals surface area contributed by atoms with Crippen LogP contribution in [-0.2, 0) is 4.79 Å². The molecule has 1 fully saturated rings. The molecule has 1 unspecified atom stereocenters. The number of ketones is 1. The number of nitrogens with zero attached hydrogens (tertiary/aromatic N) is 3. The lowest BCUT2D eigenvalue weighted by atomic mass is 9.95. The Morgan fingerprint density at radius 3 is 3.08 bits per heavy atom. The maximum atomic E-state index is 11.2. The van der Waals surface area contributed by atoms with Crippen molar-refractivity contribution in [2.45, 2.75) is 12.8 Å². The average molecular weight is 167 g/mol. The van der Waals surface area contributed by atoms with E-state index in [0.717, 1.165) is 32.1 Å². The van der Waals surface area contributed by atoms with Crippen LogP contribution in [0, 0.1) is 5.92 Å². The lowest BCUT2D eigenvalue weighted by Gasteiger charge is -2.26. The van der Waals surface area contributed by atoms with Gasteiger partial charge in [0.15, 0.2) is 0 Å². The third-order valence-corrected chi connectivity index (χ3v) is 2.21. The molecule has 0 saturated carbocycles. The number of rotatable bonds is 2. The van der Waals surface area contributed by atoms with Crippen molar-refractivity contribution in [2.75, 3.05) is 20.1 Å². The SMILES string of the molecule is CN1CCCC(C(=O)C=[N+]=[N-])C1. The Morgan fingerprint density at radius 1 is 1.75 bits per heavy atom. The van der Waals surface area contributed by atoms with Crippen molar-refractivity contribution in [1.82, 2.24) is 4.90 Å². The van der Waals surface area contributed by atoms with Crippen LogP contribution < -0.4 is 0 Å². The molecule has 0 N–H and O–H groups in total. The van der Waals surface area contributed by atoms with E-state index in [2.05, 4.69) is 9.69 Å². The van der Waals surface area contributed by atoms with Crippen LogP contribution in [0.2, 0.25) is 0 Å². The fourth-order valence-corrected chi connectivity index (χ4v) is 1.56. The molecule has 0 amide bonds. The zero-order valence-corrected chi connectivity index (χ0v) is 7.23. The molecule has 1 aliphatic heterocycles. The van der Waals surface area contributed by atoms with Crippen molar-refractivity contribution in [2.24, 2.45) is 5.92 Å². The van der Waals surface area contributed by atoms with E-state index in [0.29, 0.717) is 0 Å². The van der Waals surface area contributed by atoms with Crippen LogP contribution in [-0.4, -0.2) is 41.8 Å². The second kappa shape index (κ2) is 4.14. The summed E-state index contributed by atoms with van der Waals surface area (Å²) in [5.74, 6) is -0.0382. The van der Waals surface area contributed by atoms with E-state index in [1.54, 1.807) is 0 Å². The maximum Gasteiger partial charge on any atom is 0.323 e. The van der Waals surface area contributed by atoms with Crippen LogP contribution in [0.15, 0.2) is 0 Å². The Balaban J connectivity index is 2.51. The second-order valence-electron chi connectivity index (χ2n) is 3.25. The Morgan fingerprint density at radius 2 is 2.50 bits per heavy atom. The summed E-state index contributed by atoms with van der Waals surface area (Å²) in [6.07, 6.45) is 2.96. The lowest BCUT2D eigenvalue weighted by Crippen LogP contribution is -2.36. The van der Waals surface area contributed by atoms with Crippen molar-refractivity contribution >= 4 is 12.0 Å². The van der Waals surface area contributed by atoms with Crippen LogP contribution in [0.3, 0.4) is 0 Å². The summed E-state index contributed by atoms with van der Waals surface area (Å²) in [6.45, 7) is 1.84. The van der Waals surface area contributed by atoms with E-state index >= 15 is 0 Å². The molecular formula is C8H13N3O. The zero-order valence-electron chi connectivity index (χ0n) is 7.23. The van der Waals surface area contributed by atoms with Crippen molar-refractivity contribution in [3.63, 3.8) is 0 Å². The lowest BCUT2D eigenvalue weighted by molar-refractivity contribution is -0.121. The fourth-order valence-electron chi connectivity index (χ4n) is 1.56. The van der Waals surface area contributed by atoms with Gasteiger partial charge in [0.1, 0.15) is 0 Å². The Bertz CT molecular complexity index is 220. The third kappa shape index (κ3) is 2.26. The molecule has 0 aromatic heterocycles. The normalized spacial score (nSPS) is 24.6. The molecule has 4 nitrogen and oxygen atoms in total. The highest BCUT2D eigenvalue weighted by Crippen LogP contribution is 2.14. The molecule has 66 valence electrons. The van der Waals surface area contributed by atoms with Gasteiger partial charge in [-0.2, -0.15) is 4.79 Å². The molecule has 0 aromatic rings. The first kappa shape index (κ1) is 9.10. The molecule has 4 heteroatoms. The van der Waals surface area contributed by atoms with E-state index in [9.17, 15) is 4.79 Å². The number of hydrogen-bond acceptors (Lipinski definition) is 2. The topological polar surface area (TPSA) is 56.7 Å². The molecule has 1 heterocycles. The van der Waals surface area contributed by atoms with Gasteiger partial charge < -0.3 is 10.4 Å². The minimum absolute atomic E-state index is 0.0275. The fraction of sp³-hybridized carbons (Fsp3) is 0.750. The van der Waals surface area contributed by atoms with E-state index in [4.69, 9.17) is 5.53 Å². The number of carbonyl (C=O) groups excluding carboxylic acids is 1. The van der Waals surface area contributed by atoms with Gasteiger partial charge >= 0.3 is 6.21 Å². The van der Waals surface area contributed by atoms with Crippen LogP contribution in [0.1, 0.15) is 12.8 Å². The molecular weight excluding hydrogens is 154 g/mol. The Labute approximate surface area is 71.8 Å². The van der Waals surface area contributed by atoms with Gasteiger partial charge in [-0.15, -0.1) is 0 Å². The average Bonchev–Trinajstić information content (AvgIpc) is 2.05. The second-order valence-corrected chi connectivity index (χ2v) is 3.25. The zero-order chi connectivity index (χ0) is 8.97. The van der Waals surface area contributed by atoms with Crippen molar-refractivity contribution in [1.29, 1.82) is 0 Å². The Hall–Kier alpha value is -0.990. The van der Waals surface area contributed by atoms with Gasteiger partial charge in [-0.25, -0.2) is 0 Å². The van der Waals surface area contributed by atoms with Gasteiger partial charge in [-0.1, -0.05) is 0 Å². The van der Waals surface area contributed by atoms with E-state index in [1.165, 1.54) is 0 Å². The first-order valence-electron chi connectivity index (χ1n) is 4.14. The number of hydrogen-bond donors (Lipinski definition) is 0. The number of carbonyl (C=O) groups is 1. The largest absolute Gasteiger partial charge is 0.361 e. The van der Waals surface area contributed by atoms with E-state index < -0.39 is 0 Å². The van der Waals surface area contributed by atoms with Crippen molar-refractivity contribution in [3.8, 4) is 0 Å². The summed E-state index contributed by atoms with van der Waals surface area (Å²) in [5, 5.41) is 0. The highest BCUT2D eigenvalue weighted by molar-refractivity contribution is 6.26. The van der Waals surface area contributed by atoms with Gasteiger partial charge in [-0.3, -0.25) is 4.79 Å². The molecule has 1 rings (SSSR count). The van der Waals surface area contributed by atoms with Gasteiger partial charge in [0, 0.05) is 12.5 Å². The molecule has 1 atom stereocenters. The molecule has 0 spiro atoms. The van der Waals surface area contributed by atoms with Gasteiger partial charge in [0.05, 0.1) is 0 Å². The Kier molecular flexibility index (Phi) is 3.14. The quantitative estimate of drug-likeness (QED) is 0.335. The van der Waals surface area contributed by atoms with E-state index in [-0.39, 0.29) is 11.7 Å². The van der Waals surface area contributed by atoms with Crippen molar-refractivity contribution < 1.29 is 9.58 Å². The number of piperidine rings is 1. The summed E-state index contributed by atoms with van der Waals surface area (Å²) in [6, 6.07) is 0. The monoisotopic (exact) mass is 167 g/mol. The van der Waals surface area contributed by atoms with E-state index in [1.807, 2.05) is 7.05 Å². The summed E-state index contributed by atoms with van der Waals surface area (Å²) < 4.78 is 0. The summed E-state index contributed by atoms with van der Waals surface area (Å²) in [5.41, 5.74) is 8.17. The molecule has 0 aromatic carbocycles. The molecule has 0 aliphatic carbocycles. The molecule has 1 aliphatic rings. The summed E-state index contributed by atoms with van der Waals surface area (Å²) >= 11 is 0. The van der Waals surface area contributed by atoms with Crippen LogP contribution >= 0.6 is 0 Å². The molecule has 0 bridgehead atoms. The minimum Gasteiger partial charge on any atom is -0.361 e. The summed E-state index contributed by atoms with van der Waals surface area (Å²) in [4.78, 5) is 16.1. The van der Waals surface area contributed by atoms with Crippen molar-refractivity contribution in [3.05, 3.63) is 5.53 Å². The predicted molar refractivity (Wildman–Crippen MR) is 44.9 cm³/mol. The number of Topliss-reactive ketones (excluding diaryl/α,β-unsaturated/α-hetero) is 1. The third-order valence-electron chi connectivity index (χ3n) is 2.21. The molecule has 1 saturated heterocycles. The standard InChI is InChI=1S/C8H13N3O/c1-11-4-2-3-7(6-11)8(12)5-10-9/h5,7H,2-4,6H2,1H3. The first-order valence-corrected chi connectivity index (χ1v) is 4.14. The first-order chi connectivity index (χ1) is 5.74. The highest BCUT2D eigenvalue weighted by atomic mass is 16.1. The minimum atomic E-state index is -0.0657. The predicted octanol–water partition coefficient (Wildman–Crippen LogP) is 0.198. The highest BCUT2D eigenvalue weighted by Gasteiger charge is 2.24. The van der Waals surface area contributed by atoms with Gasteiger partial charge in [0.2, 0.25) is 5.78 Å². The molecule has 0 radical (unpaired) electrons. The molecule has 12 heavy (non-hydrogen) atoms. The smallest absolute Gasteiger partial charge is 0.323 e. The maximum absolute atomic E-state index is 11.2. The van der Waals surface area contributed by atoms with Crippen LogP contribution in [0.4, 0.5) is 0 Å². The van der Waals surface area contributed by atoms with Gasteiger partial charge in [0.25, 0.3) is 0 Å². The number of likely N-dealkylation sites (tertiary alicyclic amines) is 1. The van der Waals surface area contributed by atoms with Crippen LogP contribution in [0.25, 0.3) is 5.53 Å². The van der Waals surface area contributed by atoms with Gasteiger partial charge in [-0.05, 0) is 26.4 Å². The van der Waals surface area contributed by atoms with Crippen LogP contribution in [0.5, 0.6) is 0 Å². The summed E-state index contributed by atoms with van der Waals surface area (Å²) in [7, 11) is 2.00.